The average molecular weight is 367 g/mol. The molecule has 7 nitrogen and oxygen atoms in total. The number of carbonyl (C=O) groups is 1. The van der Waals surface area contributed by atoms with Crippen LogP contribution in [0, 0.1) is 0 Å². The summed E-state index contributed by atoms with van der Waals surface area (Å²) in [4.78, 5) is 12.8. The second-order valence-corrected chi connectivity index (χ2v) is 6.81. The molecule has 2 atom stereocenters. The topological polar surface area (TPSA) is 107 Å². The number of para-hydroxylation sites is 1. The van der Waals surface area contributed by atoms with Gasteiger partial charge >= 0.3 is 5.97 Å². The summed E-state index contributed by atoms with van der Waals surface area (Å²) in [6.07, 6.45) is 0. The van der Waals surface area contributed by atoms with Gasteiger partial charge in [0.2, 0.25) is 0 Å². The molecule has 0 radical (unpaired) electrons. The summed E-state index contributed by atoms with van der Waals surface area (Å²) < 4.78 is 27.6. The largest absolute Gasteiger partial charge is 0.480 e. The smallest absolute Gasteiger partial charge is 0.329 e. The van der Waals surface area contributed by atoms with Crippen LogP contribution in [0.3, 0.4) is 0 Å². The summed E-state index contributed by atoms with van der Waals surface area (Å²) in [5.74, 6) is -0.113. The molecule has 2 aromatic carbocycles. The number of hydrogen-bond donors (Lipinski definition) is 3. The van der Waals surface area contributed by atoms with Crippen molar-refractivity contribution in [1.82, 2.24) is 0 Å². The highest BCUT2D eigenvalue weighted by molar-refractivity contribution is 7.99. The summed E-state index contributed by atoms with van der Waals surface area (Å²) in [6, 6.07) is 10.5. The first kappa shape index (κ1) is 16.8. The van der Waals surface area contributed by atoms with E-state index in [-0.39, 0.29) is 5.69 Å². The van der Waals surface area contributed by atoms with Gasteiger partial charge in [-0.05, 0) is 30.3 Å². The predicted octanol–water partition coefficient (Wildman–Crippen LogP) is 2.33. The van der Waals surface area contributed by atoms with Gasteiger partial charge < -0.3 is 14.9 Å². The molecular formula is C15H13NO6S2. The van der Waals surface area contributed by atoms with Crippen LogP contribution in [0.2, 0.25) is 0 Å². The van der Waals surface area contributed by atoms with Crippen LogP contribution < -0.4 is 9.04 Å². The predicted molar refractivity (Wildman–Crippen MR) is 88.8 cm³/mol. The number of aliphatic hydroxyl groups is 1. The van der Waals surface area contributed by atoms with E-state index in [2.05, 4.69) is 0 Å². The lowest BCUT2D eigenvalue weighted by atomic mass is 10.2. The number of aliphatic hydroxyl groups excluding tert-OH is 1. The Morgan fingerprint density at radius 3 is 2.58 bits per heavy atom. The fourth-order valence-electron chi connectivity index (χ4n) is 2.29. The van der Waals surface area contributed by atoms with Crippen LogP contribution >= 0.6 is 11.8 Å². The van der Waals surface area contributed by atoms with E-state index in [1.165, 1.54) is 17.8 Å². The third kappa shape index (κ3) is 3.11. The van der Waals surface area contributed by atoms with E-state index in [9.17, 15) is 18.7 Å². The van der Waals surface area contributed by atoms with Crippen molar-refractivity contribution < 1.29 is 28.5 Å². The van der Waals surface area contributed by atoms with E-state index >= 15 is 0 Å². The Morgan fingerprint density at radius 2 is 1.92 bits per heavy atom. The first-order valence-corrected chi connectivity index (χ1v) is 8.72. The highest BCUT2D eigenvalue weighted by Crippen LogP contribution is 2.48. The Bertz CT molecular complexity index is 812. The van der Waals surface area contributed by atoms with Crippen molar-refractivity contribution in [1.29, 1.82) is 0 Å². The maximum atomic E-state index is 11.6. The molecule has 0 saturated heterocycles. The maximum Gasteiger partial charge on any atom is 0.329 e. The van der Waals surface area contributed by atoms with Crippen molar-refractivity contribution in [2.75, 3.05) is 10.9 Å². The Hall–Kier alpha value is -2.07. The van der Waals surface area contributed by atoms with Crippen molar-refractivity contribution in [2.24, 2.45) is 0 Å². The van der Waals surface area contributed by atoms with E-state index in [0.717, 1.165) is 9.20 Å². The van der Waals surface area contributed by atoms with Crippen LogP contribution in [-0.4, -0.2) is 37.6 Å². The van der Waals surface area contributed by atoms with Gasteiger partial charge in [0.25, 0.3) is 11.3 Å². The van der Waals surface area contributed by atoms with E-state index in [4.69, 9.17) is 9.84 Å². The number of rotatable bonds is 5. The molecule has 0 amide bonds. The third-order valence-electron chi connectivity index (χ3n) is 3.38. The van der Waals surface area contributed by atoms with Crippen molar-refractivity contribution in [2.45, 2.75) is 15.8 Å². The molecule has 0 saturated carbocycles. The molecule has 126 valence electrons. The number of ether oxygens (including phenoxy) is 1. The molecule has 0 spiro atoms. The van der Waals surface area contributed by atoms with Crippen LogP contribution in [0.5, 0.6) is 11.5 Å². The van der Waals surface area contributed by atoms with Gasteiger partial charge in [-0.25, -0.2) is 9.00 Å². The van der Waals surface area contributed by atoms with Gasteiger partial charge in [-0.15, -0.1) is 0 Å². The Kier molecular flexibility index (Phi) is 4.76. The number of carboxylic acids is 1. The van der Waals surface area contributed by atoms with Gasteiger partial charge in [0.1, 0.15) is 11.5 Å². The average Bonchev–Trinajstić information content (AvgIpc) is 2.56. The van der Waals surface area contributed by atoms with E-state index < -0.39 is 29.9 Å². The summed E-state index contributed by atoms with van der Waals surface area (Å²) >= 11 is -1.20. The molecule has 3 rings (SSSR count). The van der Waals surface area contributed by atoms with Gasteiger partial charge in [-0.2, -0.15) is 0 Å². The second kappa shape index (κ2) is 6.81. The van der Waals surface area contributed by atoms with Gasteiger partial charge in [0.15, 0.2) is 6.04 Å². The van der Waals surface area contributed by atoms with Gasteiger partial charge in [0.05, 0.1) is 22.1 Å². The fraction of sp³-hybridized carbons (Fsp3) is 0.133. The van der Waals surface area contributed by atoms with Gasteiger partial charge in [0, 0.05) is 0 Å². The SMILES string of the molecule is O=C(O)C(CO)N(c1ccc2c(c1)Sc1ccccc1O2)S(=O)O. The number of benzene rings is 2. The number of anilines is 1. The molecule has 1 aliphatic heterocycles. The minimum absolute atomic E-state index is 0.200. The molecule has 2 aromatic rings. The fourth-order valence-corrected chi connectivity index (χ4v) is 3.94. The first-order chi connectivity index (χ1) is 11.5. The third-order valence-corrected chi connectivity index (χ3v) is 5.28. The zero-order valence-electron chi connectivity index (χ0n) is 12.2. The molecule has 0 aliphatic carbocycles. The summed E-state index contributed by atoms with van der Waals surface area (Å²) in [5.41, 5.74) is 0.200. The van der Waals surface area contributed by atoms with Crippen LogP contribution in [0.15, 0.2) is 52.3 Å². The minimum atomic E-state index is -2.61. The zero-order valence-corrected chi connectivity index (χ0v) is 13.8. The first-order valence-electron chi connectivity index (χ1n) is 6.84. The highest BCUT2D eigenvalue weighted by atomic mass is 32.2. The molecule has 0 bridgehead atoms. The van der Waals surface area contributed by atoms with Crippen LogP contribution in [0.4, 0.5) is 5.69 Å². The van der Waals surface area contributed by atoms with Crippen molar-refractivity contribution >= 4 is 34.7 Å². The summed E-state index contributed by atoms with van der Waals surface area (Å²) in [5, 5.41) is 18.4. The van der Waals surface area contributed by atoms with Crippen LogP contribution in [0.25, 0.3) is 0 Å². The van der Waals surface area contributed by atoms with Crippen LogP contribution in [0.1, 0.15) is 0 Å². The van der Waals surface area contributed by atoms with E-state index in [1.807, 2.05) is 24.3 Å². The molecule has 24 heavy (non-hydrogen) atoms. The minimum Gasteiger partial charge on any atom is -0.480 e. The maximum absolute atomic E-state index is 11.6. The van der Waals surface area contributed by atoms with Crippen molar-refractivity contribution in [3.63, 3.8) is 0 Å². The Morgan fingerprint density at radius 1 is 1.21 bits per heavy atom. The number of nitrogens with zero attached hydrogens (tertiary/aromatic N) is 1. The number of hydrogen-bond acceptors (Lipinski definition) is 5. The molecule has 9 heteroatoms. The normalized spacial score (nSPS) is 14.8. The highest BCUT2D eigenvalue weighted by Gasteiger charge is 2.30. The molecule has 0 aromatic heterocycles. The second-order valence-electron chi connectivity index (χ2n) is 4.88. The molecule has 2 unspecified atom stereocenters. The monoisotopic (exact) mass is 367 g/mol. The summed E-state index contributed by atoms with van der Waals surface area (Å²) in [7, 11) is 0. The van der Waals surface area contributed by atoms with Crippen LogP contribution in [-0.2, 0) is 16.1 Å². The van der Waals surface area contributed by atoms with E-state index in [1.54, 1.807) is 12.1 Å². The zero-order chi connectivity index (χ0) is 17.3. The standard InChI is InChI=1S/C15H13NO6S2/c17-8-10(15(18)19)16(24(20)21)9-5-6-12-14(7-9)23-13-4-2-1-3-11(13)22-12/h1-7,10,17H,8H2,(H,18,19)(H,20,21). The molecular weight excluding hydrogens is 354 g/mol. The Labute approximate surface area is 144 Å². The molecule has 0 fully saturated rings. The lowest BCUT2D eigenvalue weighted by Gasteiger charge is -2.27. The number of aliphatic carboxylic acids is 1. The Balaban J connectivity index is 1.99. The van der Waals surface area contributed by atoms with Gasteiger partial charge in [-0.3, -0.25) is 8.86 Å². The van der Waals surface area contributed by atoms with E-state index in [0.29, 0.717) is 16.4 Å². The quantitative estimate of drug-likeness (QED) is 0.594. The summed E-state index contributed by atoms with van der Waals surface area (Å²) in [6.45, 7) is -0.800. The van der Waals surface area contributed by atoms with Crippen molar-refractivity contribution in [3.05, 3.63) is 42.5 Å². The number of carboxylic acid groups (broad SMARTS) is 1. The molecule has 1 heterocycles. The lowest BCUT2D eigenvalue weighted by molar-refractivity contribution is -0.139. The lowest BCUT2D eigenvalue weighted by Crippen LogP contribution is -2.44. The van der Waals surface area contributed by atoms with Crippen molar-refractivity contribution in [3.8, 4) is 11.5 Å². The molecule has 1 aliphatic rings. The number of fused-ring (bicyclic) bond motifs is 2. The molecule has 3 N–H and O–H groups in total. The van der Waals surface area contributed by atoms with Gasteiger partial charge in [-0.1, -0.05) is 23.9 Å².